The molecule has 3 heteroatoms. The molecule has 0 bridgehead atoms. The molecule has 1 heterocycles. The topological polar surface area (TPSA) is 28.0 Å². The Morgan fingerprint density at radius 3 is 2.00 bits per heavy atom. The van der Waals surface area contributed by atoms with Gasteiger partial charge in [0.05, 0.1) is 0 Å². The summed E-state index contributed by atoms with van der Waals surface area (Å²) < 4.78 is 0. The number of aliphatic imine (C=N–C) groups is 2. The number of nitrogens with zero attached hydrogens (tertiary/aromatic N) is 3. The van der Waals surface area contributed by atoms with Crippen molar-refractivity contribution in [1.29, 1.82) is 0 Å². The molecule has 1 aliphatic heterocycles. The smallest absolute Gasteiger partial charge is 0.159 e. The third-order valence-corrected chi connectivity index (χ3v) is 4.60. The van der Waals surface area contributed by atoms with Gasteiger partial charge in [-0.15, -0.1) is 0 Å². The van der Waals surface area contributed by atoms with Gasteiger partial charge < -0.3 is 4.90 Å². The van der Waals surface area contributed by atoms with Crippen LogP contribution in [0.3, 0.4) is 0 Å². The van der Waals surface area contributed by atoms with Crippen LogP contribution in [-0.2, 0) is 0 Å². The first-order valence-electron chi connectivity index (χ1n) is 8.79. The summed E-state index contributed by atoms with van der Waals surface area (Å²) in [7, 11) is 2.06. The minimum Gasteiger partial charge on any atom is -0.333 e. The van der Waals surface area contributed by atoms with Crippen molar-refractivity contribution in [3.63, 3.8) is 0 Å². The highest BCUT2D eigenvalue weighted by Crippen LogP contribution is 2.28. The molecule has 0 spiro atoms. The van der Waals surface area contributed by atoms with Crippen LogP contribution in [0.15, 0.2) is 94.9 Å². The summed E-state index contributed by atoms with van der Waals surface area (Å²) in [5.41, 5.74) is 4.53. The zero-order valence-corrected chi connectivity index (χ0v) is 15.0. The van der Waals surface area contributed by atoms with Crippen molar-refractivity contribution in [2.75, 3.05) is 7.05 Å². The molecule has 26 heavy (non-hydrogen) atoms. The fourth-order valence-corrected chi connectivity index (χ4v) is 3.15. The highest BCUT2D eigenvalue weighted by molar-refractivity contribution is 6.12. The van der Waals surface area contributed by atoms with Gasteiger partial charge in [-0.25, -0.2) is 9.98 Å². The zero-order valence-electron chi connectivity index (χ0n) is 15.0. The van der Waals surface area contributed by atoms with Crippen LogP contribution in [0.25, 0.3) is 0 Å². The summed E-state index contributed by atoms with van der Waals surface area (Å²) in [4.78, 5) is 12.0. The van der Waals surface area contributed by atoms with Gasteiger partial charge in [0.15, 0.2) is 5.84 Å². The molecule has 0 saturated heterocycles. The molecular formula is C23H21N3. The van der Waals surface area contributed by atoms with E-state index in [-0.39, 0.29) is 6.17 Å². The van der Waals surface area contributed by atoms with E-state index in [9.17, 15) is 0 Å². The molecule has 1 unspecified atom stereocenters. The standard InChI is InChI=1S/C23H21N3/c1-17-13-15-20(16-14-17)23-25-21(18-9-5-3-6-10-18)24-22(26(23)2)19-11-7-4-8-12-19/h3-16,22H,1-2H3. The van der Waals surface area contributed by atoms with Crippen molar-refractivity contribution in [3.05, 3.63) is 107 Å². The van der Waals surface area contributed by atoms with Gasteiger partial charge in [0, 0.05) is 18.2 Å². The fraction of sp³-hybridized carbons (Fsp3) is 0.130. The van der Waals surface area contributed by atoms with E-state index in [1.54, 1.807) is 0 Å². The van der Waals surface area contributed by atoms with E-state index in [2.05, 4.69) is 79.5 Å². The van der Waals surface area contributed by atoms with E-state index < -0.39 is 0 Å². The Morgan fingerprint density at radius 1 is 0.731 bits per heavy atom. The molecule has 4 rings (SSSR count). The molecule has 3 aromatic rings. The molecule has 0 radical (unpaired) electrons. The number of hydrogen-bond acceptors (Lipinski definition) is 3. The summed E-state index contributed by atoms with van der Waals surface area (Å²) >= 11 is 0. The second-order valence-electron chi connectivity index (χ2n) is 6.52. The lowest BCUT2D eigenvalue weighted by Gasteiger charge is -2.32. The number of benzene rings is 3. The highest BCUT2D eigenvalue weighted by Gasteiger charge is 2.26. The Morgan fingerprint density at radius 2 is 1.35 bits per heavy atom. The van der Waals surface area contributed by atoms with Crippen molar-refractivity contribution in [1.82, 2.24) is 4.90 Å². The van der Waals surface area contributed by atoms with Gasteiger partial charge in [-0.3, -0.25) is 0 Å². The Hall–Kier alpha value is -3.20. The number of amidine groups is 2. The maximum atomic E-state index is 4.95. The Labute approximate surface area is 154 Å². The summed E-state index contributed by atoms with van der Waals surface area (Å²) in [6.07, 6.45) is -0.0970. The molecule has 0 aliphatic carbocycles. The van der Waals surface area contributed by atoms with E-state index in [1.807, 2.05) is 24.3 Å². The van der Waals surface area contributed by atoms with Gasteiger partial charge in [0.1, 0.15) is 12.0 Å². The monoisotopic (exact) mass is 339 g/mol. The van der Waals surface area contributed by atoms with Crippen molar-refractivity contribution < 1.29 is 0 Å². The third kappa shape index (κ3) is 3.16. The molecule has 3 aromatic carbocycles. The maximum Gasteiger partial charge on any atom is 0.159 e. The van der Waals surface area contributed by atoms with E-state index in [0.717, 1.165) is 28.4 Å². The second kappa shape index (κ2) is 6.96. The van der Waals surface area contributed by atoms with Crippen molar-refractivity contribution in [3.8, 4) is 0 Å². The third-order valence-electron chi connectivity index (χ3n) is 4.60. The lowest BCUT2D eigenvalue weighted by atomic mass is 10.1. The number of rotatable bonds is 3. The Balaban J connectivity index is 1.83. The van der Waals surface area contributed by atoms with Crippen LogP contribution in [0, 0.1) is 6.92 Å². The summed E-state index contributed by atoms with van der Waals surface area (Å²) in [6.45, 7) is 2.10. The average molecular weight is 339 g/mol. The van der Waals surface area contributed by atoms with Crippen LogP contribution in [0.5, 0.6) is 0 Å². The summed E-state index contributed by atoms with van der Waals surface area (Å²) in [5, 5.41) is 0. The molecule has 0 N–H and O–H groups in total. The van der Waals surface area contributed by atoms with Gasteiger partial charge in [-0.2, -0.15) is 0 Å². The molecular weight excluding hydrogens is 318 g/mol. The van der Waals surface area contributed by atoms with Crippen LogP contribution in [0.4, 0.5) is 0 Å². The van der Waals surface area contributed by atoms with Crippen LogP contribution < -0.4 is 0 Å². The lowest BCUT2D eigenvalue weighted by molar-refractivity contribution is 0.383. The quantitative estimate of drug-likeness (QED) is 0.671. The molecule has 0 amide bonds. The van der Waals surface area contributed by atoms with E-state index >= 15 is 0 Å². The Kier molecular flexibility index (Phi) is 4.36. The SMILES string of the molecule is Cc1ccc(C2=NC(c3ccccc3)=NC(c3ccccc3)N2C)cc1. The van der Waals surface area contributed by atoms with Crippen LogP contribution in [0.2, 0.25) is 0 Å². The average Bonchev–Trinajstić information content (AvgIpc) is 2.70. The lowest BCUT2D eigenvalue weighted by Crippen LogP contribution is -2.35. The van der Waals surface area contributed by atoms with Crippen molar-refractivity contribution >= 4 is 11.7 Å². The molecule has 0 saturated carbocycles. The van der Waals surface area contributed by atoms with Gasteiger partial charge in [0.2, 0.25) is 0 Å². The molecule has 1 aliphatic rings. The summed E-state index contributed by atoms with van der Waals surface area (Å²) in [6, 6.07) is 29.0. The van der Waals surface area contributed by atoms with Gasteiger partial charge >= 0.3 is 0 Å². The number of hydrogen-bond donors (Lipinski definition) is 0. The minimum absolute atomic E-state index is 0.0970. The predicted octanol–water partition coefficient (Wildman–Crippen LogP) is 4.83. The second-order valence-corrected chi connectivity index (χ2v) is 6.52. The van der Waals surface area contributed by atoms with Crippen molar-refractivity contribution in [2.24, 2.45) is 9.98 Å². The molecule has 0 fully saturated rings. The van der Waals surface area contributed by atoms with E-state index in [1.165, 1.54) is 5.56 Å². The van der Waals surface area contributed by atoms with Gasteiger partial charge in [-0.1, -0.05) is 90.5 Å². The minimum atomic E-state index is -0.0970. The molecule has 3 nitrogen and oxygen atoms in total. The fourth-order valence-electron chi connectivity index (χ4n) is 3.15. The zero-order chi connectivity index (χ0) is 17.9. The maximum absolute atomic E-state index is 4.95. The molecule has 0 aromatic heterocycles. The van der Waals surface area contributed by atoms with E-state index in [0.29, 0.717) is 0 Å². The predicted molar refractivity (Wildman–Crippen MR) is 108 cm³/mol. The van der Waals surface area contributed by atoms with Crippen LogP contribution in [-0.4, -0.2) is 23.6 Å². The van der Waals surface area contributed by atoms with Crippen LogP contribution in [0.1, 0.15) is 28.4 Å². The number of aryl methyl sites for hydroxylation is 1. The first-order chi connectivity index (χ1) is 12.7. The highest BCUT2D eigenvalue weighted by atomic mass is 15.3. The molecule has 1 atom stereocenters. The first-order valence-corrected chi connectivity index (χ1v) is 8.79. The van der Waals surface area contributed by atoms with Gasteiger partial charge in [0.25, 0.3) is 0 Å². The Bertz CT molecular complexity index is 942. The van der Waals surface area contributed by atoms with Crippen LogP contribution >= 0.6 is 0 Å². The van der Waals surface area contributed by atoms with Gasteiger partial charge in [-0.05, 0) is 12.5 Å². The normalized spacial score (nSPS) is 16.8. The summed E-state index contributed by atoms with van der Waals surface area (Å²) in [5.74, 6) is 1.71. The van der Waals surface area contributed by atoms with Crippen molar-refractivity contribution in [2.45, 2.75) is 13.1 Å². The molecule has 128 valence electrons. The van der Waals surface area contributed by atoms with E-state index in [4.69, 9.17) is 9.98 Å². The first kappa shape index (κ1) is 16.3. The largest absolute Gasteiger partial charge is 0.333 e.